The predicted octanol–water partition coefficient (Wildman–Crippen LogP) is 1.74. The Hall–Kier alpha value is -1.35. The molecule has 3 rings (SSSR count). The van der Waals surface area contributed by atoms with E-state index in [1.54, 1.807) is 0 Å². The smallest absolute Gasteiger partial charge is 0.230 e. The molecule has 0 bridgehead atoms. The highest BCUT2D eigenvalue weighted by Crippen LogP contribution is 2.41. The summed E-state index contributed by atoms with van der Waals surface area (Å²) >= 11 is 0. The Morgan fingerprint density at radius 1 is 1.16 bits per heavy atom. The van der Waals surface area contributed by atoms with Gasteiger partial charge in [0.2, 0.25) is 5.91 Å². The van der Waals surface area contributed by atoms with Crippen LogP contribution in [0, 0.1) is 5.41 Å². The number of rotatable bonds is 2. The molecule has 1 aromatic rings. The Balaban J connectivity index is 1.73. The van der Waals surface area contributed by atoms with Gasteiger partial charge in [-0.15, -0.1) is 0 Å². The standard InChI is InChI=1S/C16H22N2O/c17-12-16(8-3-9-16)15(19)18-10-6-13-4-1-2-5-14(13)7-11-18/h1-2,4-5H,3,6-12,17H2. The third kappa shape index (κ3) is 2.16. The maximum Gasteiger partial charge on any atom is 0.230 e. The molecule has 19 heavy (non-hydrogen) atoms. The minimum Gasteiger partial charge on any atom is -0.342 e. The maximum atomic E-state index is 12.7. The van der Waals surface area contributed by atoms with E-state index >= 15 is 0 Å². The average molecular weight is 258 g/mol. The third-order valence-corrected chi connectivity index (χ3v) is 4.86. The zero-order chi connectivity index (χ0) is 13.3. The van der Waals surface area contributed by atoms with Gasteiger partial charge in [-0.3, -0.25) is 4.79 Å². The fourth-order valence-electron chi connectivity index (χ4n) is 3.32. The number of carbonyl (C=O) groups is 1. The van der Waals surface area contributed by atoms with Crippen molar-refractivity contribution in [2.45, 2.75) is 32.1 Å². The van der Waals surface area contributed by atoms with Gasteiger partial charge >= 0.3 is 0 Å². The van der Waals surface area contributed by atoms with E-state index in [9.17, 15) is 4.79 Å². The second kappa shape index (κ2) is 4.97. The number of carbonyl (C=O) groups excluding carboxylic acids is 1. The first-order chi connectivity index (χ1) is 9.25. The van der Waals surface area contributed by atoms with Gasteiger partial charge in [0.1, 0.15) is 0 Å². The predicted molar refractivity (Wildman–Crippen MR) is 75.8 cm³/mol. The van der Waals surface area contributed by atoms with Gasteiger partial charge in [-0.2, -0.15) is 0 Å². The van der Waals surface area contributed by atoms with E-state index in [-0.39, 0.29) is 5.41 Å². The molecule has 0 spiro atoms. The molecule has 0 atom stereocenters. The van der Waals surface area contributed by atoms with Crippen molar-refractivity contribution in [3.05, 3.63) is 35.4 Å². The van der Waals surface area contributed by atoms with Crippen molar-refractivity contribution in [2.24, 2.45) is 11.1 Å². The van der Waals surface area contributed by atoms with Crippen molar-refractivity contribution in [1.29, 1.82) is 0 Å². The van der Waals surface area contributed by atoms with Crippen molar-refractivity contribution < 1.29 is 4.79 Å². The molecule has 2 N–H and O–H groups in total. The minimum atomic E-state index is -0.226. The molecule has 1 aliphatic carbocycles. The molecule has 2 aliphatic rings. The van der Waals surface area contributed by atoms with Crippen LogP contribution in [0.3, 0.4) is 0 Å². The lowest BCUT2D eigenvalue weighted by molar-refractivity contribution is -0.146. The van der Waals surface area contributed by atoms with E-state index in [2.05, 4.69) is 24.3 Å². The van der Waals surface area contributed by atoms with Crippen LogP contribution in [-0.2, 0) is 17.6 Å². The Morgan fingerprint density at radius 2 is 1.74 bits per heavy atom. The second-order valence-electron chi connectivity index (χ2n) is 5.90. The molecule has 3 heteroatoms. The van der Waals surface area contributed by atoms with Gasteiger partial charge in [0, 0.05) is 19.6 Å². The lowest BCUT2D eigenvalue weighted by Gasteiger charge is -2.42. The molecule has 0 unspecified atom stereocenters. The first-order valence-electron chi connectivity index (χ1n) is 7.31. The Kier molecular flexibility index (Phi) is 3.31. The topological polar surface area (TPSA) is 46.3 Å². The van der Waals surface area contributed by atoms with Gasteiger partial charge in [0.25, 0.3) is 0 Å². The molecule has 1 aromatic carbocycles. The average Bonchev–Trinajstić information content (AvgIpc) is 2.60. The van der Waals surface area contributed by atoms with E-state index in [1.165, 1.54) is 11.1 Å². The number of nitrogens with two attached hydrogens (primary N) is 1. The molecule has 1 fully saturated rings. The van der Waals surface area contributed by atoms with Gasteiger partial charge < -0.3 is 10.6 Å². The Morgan fingerprint density at radius 3 is 2.16 bits per heavy atom. The zero-order valence-electron chi connectivity index (χ0n) is 11.4. The van der Waals surface area contributed by atoms with E-state index in [0.29, 0.717) is 12.5 Å². The second-order valence-corrected chi connectivity index (χ2v) is 5.90. The maximum absolute atomic E-state index is 12.7. The zero-order valence-corrected chi connectivity index (χ0v) is 11.4. The number of nitrogens with zero attached hydrogens (tertiary/aromatic N) is 1. The highest BCUT2D eigenvalue weighted by Gasteiger charge is 2.45. The van der Waals surface area contributed by atoms with Crippen molar-refractivity contribution in [3.63, 3.8) is 0 Å². The highest BCUT2D eigenvalue weighted by atomic mass is 16.2. The molecule has 3 nitrogen and oxygen atoms in total. The summed E-state index contributed by atoms with van der Waals surface area (Å²) in [6.07, 6.45) is 5.06. The number of benzene rings is 1. The van der Waals surface area contributed by atoms with Gasteiger partial charge in [-0.1, -0.05) is 30.7 Å². The number of fused-ring (bicyclic) bond motifs is 1. The highest BCUT2D eigenvalue weighted by molar-refractivity contribution is 5.84. The molecule has 1 saturated carbocycles. The Labute approximate surface area is 114 Å². The van der Waals surface area contributed by atoms with Crippen molar-refractivity contribution >= 4 is 5.91 Å². The first kappa shape index (κ1) is 12.7. The first-order valence-corrected chi connectivity index (χ1v) is 7.31. The molecular weight excluding hydrogens is 236 g/mol. The summed E-state index contributed by atoms with van der Waals surface area (Å²) in [5.41, 5.74) is 8.42. The molecule has 0 saturated heterocycles. The summed E-state index contributed by atoms with van der Waals surface area (Å²) in [5, 5.41) is 0. The van der Waals surface area contributed by atoms with Crippen molar-refractivity contribution in [3.8, 4) is 0 Å². The molecule has 0 radical (unpaired) electrons. The summed E-state index contributed by atoms with van der Waals surface area (Å²) < 4.78 is 0. The molecule has 0 aromatic heterocycles. The van der Waals surface area contributed by atoms with Gasteiger partial charge in [-0.05, 0) is 36.8 Å². The largest absolute Gasteiger partial charge is 0.342 e. The fraction of sp³-hybridized carbons (Fsp3) is 0.562. The van der Waals surface area contributed by atoms with Crippen LogP contribution in [0.1, 0.15) is 30.4 Å². The molecular formula is C16H22N2O. The van der Waals surface area contributed by atoms with E-state index in [0.717, 1.165) is 45.2 Å². The van der Waals surface area contributed by atoms with Crippen LogP contribution in [0.2, 0.25) is 0 Å². The van der Waals surface area contributed by atoms with Crippen LogP contribution in [0.5, 0.6) is 0 Å². The van der Waals surface area contributed by atoms with E-state index in [1.807, 2.05) is 4.90 Å². The van der Waals surface area contributed by atoms with E-state index < -0.39 is 0 Å². The van der Waals surface area contributed by atoms with Gasteiger partial charge in [-0.25, -0.2) is 0 Å². The summed E-state index contributed by atoms with van der Waals surface area (Å²) in [4.78, 5) is 14.7. The van der Waals surface area contributed by atoms with Gasteiger partial charge in [0.05, 0.1) is 5.41 Å². The van der Waals surface area contributed by atoms with Crippen LogP contribution in [-0.4, -0.2) is 30.4 Å². The van der Waals surface area contributed by atoms with Crippen molar-refractivity contribution in [1.82, 2.24) is 4.90 Å². The van der Waals surface area contributed by atoms with Crippen LogP contribution in [0.4, 0.5) is 0 Å². The molecule has 102 valence electrons. The van der Waals surface area contributed by atoms with E-state index in [4.69, 9.17) is 5.73 Å². The normalized spacial score (nSPS) is 21.2. The van der Waals surface area contributed by atoms with Crippen molar-refractivity contribution in [2.75, 3.05) is 19.6 Å². The lowest BCUT2D eigenvalue weighted by Crippen LogP contribution is -2.52. The summed E-state index contributed by atoms with van der Waals surface area (Å²) in [6, 6.07) is 8.55. The van der Waals surface area contributed by atoms with Crippen LogP contribution in [0.25, 0.3) is 0 Å². The molecule has 1 amide bonds. The molecule has 1 aliphatic heterocycles. The summed E-state index contributed by atoms with van der Waals surface area (Å²) in [5.74, 6) is 0.300. The SMILES string of the molecule is NCC1(C(=O)N2CCc3ccccc3CC2)CCC1. The molecule has 1 heterocycles. The summed E-state index contributed by atoms with van der Waals surface area (Å²) in [7, 11) is 0. The third-order valence-electron chi connectivity index (χ3n) is 4.86. The Bertz CT molecular complexity index is 447. The lowest BCUT2D eigenvalue weighted by atomic mass is 9.68. The number of amides is 1. The minimum absolute atomic E-state index is 0.226. The van der Waals surface area contributed by atoms with Crippen LogP contribution in [0.15, 0.2) is 24.3 Å². The monoisotopic (exact) mass is 258 g/mol. The van der Waals surface area contributed by atoms with Crippen LogP contribution < -0.4 is 5.73 Å². The number of hydrogen-bond donors (Lipinski definition) is 1. The quantitative estimate of drug-likeness (QED) is 0.878. The van der Waals surface area contributed by atoms with Crippen LogP contribution >= 0.6 is 0 Å². The number of hydrogen-bond acceptors (Lipinski definition) is 2. The summed E-state index contributed by atoms with van der Waals surface area (Å²) in [6.45, 7) is 2.20. The van der Waals surface area contributed by atoms with Gasteiger partial charge in [0.15, 0.2) is 0 Å². The fourth-order valence-corrected chi connectivity index (χ4v) is 3.32.